The number of ether oxygens (including phenoxy) is 1. The minimum absolute atomic E-state index is 0.399. The Balaban J connectivity index is 1.50. The third-order valence-corrected chi connectivity index (χ3v) is 5.03. The van der Waals surface area contributed by atoms with Crippen LogP contribution in [0.4, 0.5) is 0 Å². The molecule has 130 valence electrons. The zero-order valence-corrected chi connectivity index (χ0v) is 14.5. The van der Waals surface area contributed by atoms with Gasteiger partial charge in [-0.15, -0.1) is 10.2 Å². The Hall–Kier alpha value is -1.02. The van der Waals surface area contributed by atoms with Gasteiger partial charge in [0, 0.05) is 39.2 Å². The molecule has 2 fully saturated rings. The highest BCUT2D eigenvalue weighted by molar-refractivity contribution is 5.07. The average Bonchev–Trinajstić information content (AvgIpc) is 3.14. The van der Waals surface area contributed by atoms with Crippen molar-refractivity contribution in [1.29, 1.82) is 0 Å². The Morgan fingerprint density at radius 3 is 2.83 bits per heavy atom. The van der Waals surface area contributed by atoms with Crippen LogP contribution in [0.25, 0.3) is 0 Å². The Bertz CT molecular complexity index is 517. The second-order valence-corrected chi connectivity index (χ2v) is 7.03. The summed E-state index contributed by atoms with van der Waals surface area (Å²) >= 11 is 0. The van der Waals surface area contributed by atoms with Gasteiger partial charge in [-0.05, 0) is 32.9 Å². The van der Waals surface area contributed by atoms with Crippen molar-refractivity contribution >= 4 is 0 Å². The monoisotopic (exact) mass is 323 g/mol. The van der Waals surface area contributed by atoms with Crippen molar-refractivity contribution in [2.24, 2.45) is 7.05 Å². The van der Waals surface area contributed by atoms with Gasteiger partial charge in [-0.3, -0.25) is 9.80 Å². The van der Waals surface area contributed by atoms with Crippen LogP contribution in [-0.2, 0) is 18.3 Å². The molecule has 0 spiro atoms. The Morgan fingerprint density at radius 2 is 2.13 bits per heavy atom. The van der Waals surface area contributed by atoms with Gasteiger partial charge in [0.2, 0.25) is 0 Å². The number of methoxy groups -OCH3 is 1. The lowest BCUT2D eigenvalue weighted by Crippen LogP contribution is -2.38. The lowest BCUT2D eigenvalue weighted by atomic mass is 10.2. The number of hydrogen-bond acceptors (Lipinski definition) is 6. The maximum Gasteiger partial charge on any atom is 0.146 e. The van der Waals surface area contributed by atoms with Crippen molar-refractivity contribution in [2.75, 3.05) is 40.4 Å². The van der Waals surface area contributed by atoms with E-state index in [9.17, 15) is 5.11 Å². The molecule has 7 heteroatoms. The van der Waals surface area contributed by atoms with Crippen LogP contribution in [0.15, 0.2) is 0 Å². The van der Waals surface area contributed by atoms with Crippen LogP contribution in [0.2, 0.25) is 0 Å². The summed E-state index contributed by atoms with van der Waals surface area (Å²) in [5.74, 6) is 2.83. The van der Waals surface area contributed by atoms with E-state index in [2.05, 4.69) is 38.7 Å². The molecule has 2 heterocycles. The molecule has 1 saturated carbocycles. The summed E-state index contributed by atoms with van der Waals surface area (Å²) in [5.41, 5.74) is 0. The maximum absolute atomic E-state index is 9.86. The van der Waals surface area contributed by atoms with Crippen molar-refractivity contribution in [3.63, 3.8) is 0 Å². The summed E-state index contributed by atoms with van der Waals surface area (Å²) in [6, 6.07) is 0.505. The largest absolute Gasteiger partial charge is 0.389 e. The molecule has 0 bridgehead atoms. The average molecular weight is 323 g/mol. The molecule has 2 atom stereocenters. The molecule has 1 saturated heterocycles. The Morgan fingerprint density at radius 1 is 1.35 bits per heavy atom. The zero-order valence-electron chi connectivity index (χ0n) is 14.5. The van der Waals surface area contributed by atoms with E-state index in [1.165, 1.54) is 12.8 Å². The fraction of sp³-hybridized carbons (Fsp3) is 0.875. The highest BCUT2D eigenvalue weighted by Gasteiger charge is 2.31. The number of aliphatic hydroxyl groups is 1. The molecule has 1 aliphatic carbocycles. The molecule has 0 unspecified atom stereocenters. The van der Waals surface area contributed by atoms with Gasteiger partial charge in [-0.25, -0.2) is 0 Å². The molecule has 7 nitrogen and oxygen atoms in total. The van der Waals surface area contributed by atoms with Crippen molar-refractivity contribution in [3.8, 4) is 0 Å². The summed E-state index contributed by atoms with van der Waals surface area (Å²) in [6.07, 6.45) is 3.24. The molecular formula is C16H29N5O2. The van der Waals surface area contributed by atoms with E-state index in [0.717, 1.165) is 37.7 Å². The molecule has 1 aliphatic heterocycles. The van der Waals surface area contributed by atoms with Crippen molar-refractivity contribution < 1.29 is 9.84 Å². The normalized spacial score (nSPS) is 23.8. The van der Waals surface area contributed by atoms with Crippen molar-refractivity contribution in [3.05, 3.63) is 11.6 Å². The standard InChI is InChI=1S/C16H29N5O2/c1-19(10-15-17-18-16(20(15)2)12-4-5-12)13-6-7-21(8-13)9-14(22)11-23-3/h12-14,22H,4-11H2,1-3H3/t13-,14-/m1/s1. The van der Waals surface area contributed by atoms with E-state index in [4.69, 9.17) is 4.74 Å². The van der Waals surface area contributed by atoms with E-state index < -0.39 is 6.10 Å². The molecule has 3 rings (SSSR count). The quantitative estimate of drug-likeness (QED) is 0.737. The molecule has 1 aromatic rings. The van der Waals surface area contributed by atoms with E-state index in [0.29, 0.717) is 25.1 Å². The third-order valence-electron chi connectivity index (χ3n) is 5.03. The van der Waals surface area contributed by atoms with Gasteiger partial charge in [0.05, 0.1) is 19.3 Å². The van der Waals surface area contributed by atoms with Gasteiger partial charge < -0.3 is 14.4 Å². The Kier molecular flexibility index (Phi) is 5.31. The minimum atomic E-state index is -0.399. The molecular weight excluding hydrogens is 294 g/mol. The van der Waals surface area contributed by atoms with Crippen molar-refractivity contribution in [1.82, 2.24) is 24.6 Å². The predicted octanol–water partition coefficient (Wildman–Crippen LogP) is 0.206. The van der Waals surface area contributed by atoms with Gasteiger partial charge >= 0.3 is 0 Å². The number of hydrogen-bond donors (Lipinski definition) is 1. The van der Waals surface area contributed by atoms with E-state index >= 15 is 0 Å². The van der Waals surface area contributed by atoms with Gasteiger partial charge in [-0.1, -0.05) is 0 Å². The number of nitrogens with zero attached hydrogens (tertiary/aromatic N) is 5. The smallest absolute Gasteiger partial charge is 0.146 e. The van der Waals surface area contributed by atoms with Crippen LogP contribution in [0, 0.1) is 0 Å². The second-order valence-electron chi connectivity index (χ2n) is 7.03. The first-order valence-electron chi connectivity index (χ1n) is 8.56. The summed E-state index contributed by atoms with van der Waals surface area (Å²) in [5, 5.41) is 18.6. The van der Waals surface area contributed by atoms with E-state index in [1.807, 2.05) is 0 Å². The number of aromatic nitrogens is 3. The molecule has 0 amide bonds. The number of rotatable bonds is 8. The summed E-state index contributed by atoms with van der Waals surface area (Å²) in [6.45, 7) is 3.94. The fourth-order valence-corrected chi connectivity index (χ4v) is 3.44. The highest BCUT2D eigenvalue weighted by Crippen LogP contribution is 2.38. The lowest BCUT2D eigenvalue weighted by molar-refractivity contribution is 0.0413. The van der Waals surface area contributed by atoms with Gasteiger partial charge in [0.1, 0.15) is 11.6 Å². The molecule has 1 aromatic heterocycles. The first kappa shape index (κ1) is 16.8. The van der Waals surface area contributed by atoms with Crippen LogP contribution < -0.4 is 0 Å². The first-order valence-corrected chi connectivity index (χ1v) is 8.56. The molecule has 2 aliphatic rings. The Labute approximate surface area is 138 Å². The maximum atomic E-state index is 9.86. The topological polar surface area (TPSA) is 66.7 Å². The van der Waals surface area contributed by atoms with Crippen LogP contribution >= 0.6 is 0 Å². The van der Waals surface area contributed by atoms with Gasteiger partial charge in [0.25, 0.3) is 0 Å². The van der Waals surface area contributed by atoms with Crippen LogP contribution in [0.3, 0.4) is 0 Å². The van der Waals surface area contributed by atoms with Crippen LogP contribution in [0.5, 0.6) is 0 Å². The fourth-order valence-electron chi connectivity index (χ4n) is 3.44. The molecule has 23 heavy (non-hydrogen) atoms. The van der Waals surface area contributed by atoms with Gasteiger partial charge in [0.15, 0.2) is 0 Å². The van der Waals surface area contributed by atoms with E-state index in [-0.39, 0.29) is 0 Å². The van der Waals surface area contributed by atoms with Crippen LogP contribution in [0.1, 0.15) is 36.8 Å². The minimum Gasteiger partial charge on any atom is -0.389 e. The summed E-state index contributed by atoms with van der Waals surface area (Å²) in [4.78, 5) is 4.68. The molecule has 0 radical (unpaired) electrons. The number of aliphatic hydroxyl groups excluding tert-OH is 1. The van der Waals surface area contributed by atoms with Crippen molar-refractivity contribution in [2.45, 2.75) is 43.9 Å². The third kappa shape index (κ3) is 4.09. The number of likely N-dealkylation sites (N-methyl/N-ethyl adjacent to an activating group) is 1. The predicted molar refractivity (Wildman–Crippen MR) is 87.2 cm³/mol. The van der Waals surface area contributed by atoms with Gasteiger partial charge in [-0.2, -0.15) is 0 Å². The van der Waals surface area contributed by atoms with E-state index in [1.54, 1.807) is 7.11 Å². The molecule has 1 N–H and O–H groups in total. The second kappa shape index (κ2) is 7.25. The SMILES string of the molecule is COC[C@H](O)CN1CC[C@@H](N(C)Cc2nnc(C3CC3)n2C)C1. The molecule has 0 aromatic carbocycles. The summed E-state index contributed by atoms with van der Waals surface area (Å²) in [7, 11) is 5.87. The first-order chi connectivity index (χ1) is 11.1. The number of likely N-dealkylation sites (tertiary alicyclic amines) is 1. The number of β-amino-alcohol motifs (C(OH)–C–C–N with tert-alkyl or cyclic N) is 1. The summed E-state index contributed by atoms with van der Waals surface area (Å²) < 4.78 is 7.17. The highest BCUT2D eigenvalue weighted by atomic mass is 16.5. The van der Waals surface area contributed by atoms with Crippen LogP contribution in [-0.4, -0.2) is 82.2 Å². The lowest BCUT2D eigenvalue weighted by Gasteiger charge is -2.25. The zero-order chi connectivity index (χ0) is 16.4.